The van der Waals surface area contributed by atoms with E-state index in [0.717, 1.165) is 11.3 Å². The number of hydrogen-bond acceptors (Lipinski definition) is 5. The highest BCUT2D eigenvalue weighted by molar-refractivity contribution is 6.30. The van der Waals surface area contributed by atoms with E-state index in [4.69, 9.17) is 11.6 Å². The van der Waals surface area contributed by atoms with E-state index in [2.05, 4.69) is 10.3 Å². The zero-order chi connectivity index (χ0) is 19.8. The molecular formula is C19H22ClN3O4. The highest BCUT2D eigenvalue weighted by Crippen LogP contribution is 2.09. The van der Waals surface area contributed by atoms with Crippen LogP contribution < -0.4 is 5.32 Å². The number of nitrogens with zero attached hydrogens (tertiary/aromatic N) is 2. The predicted molar refractivity (Wildman–Crippen MR) is 101 cm³/mol. The van der Waals surface area contributed by atoms with Crippen molar-refractivity contribution in [2.75, 3.05) is 13.6 Å². The fourth-order valence-corrected chi connectivity index (χ4v) is 2.46. The number of halogens is 1. The molecule has 0 aliphatic heterocycles. The lowest BCUT2D eigenvalue weighted by atomic mass is 10.1. The summed E-state index contributed by atoms with van der Waals surface area (Å²) in [5.41, 5.74) is 1.57. The number of carbonyl (C=O) groups excluding carboxylic acids is 2. The number of amides is 2. The van der Waals surface area contributed by atoms with Gasteiger partial charge in [0.25, 0.3) is 11.8 Å². The number of aliphatic hydroxyl groups is 2. The first-order chi connectivity index (χ1) is 12.9. The minimum Gasteiger partial charge on any atom is -0.380 e. The molecule has 1 unspecified atom stereocenters. The van der Waals surface area contributed by atoms with Crippen molar-refractivity contribution in [3.05, 3.63) is 64.9 Å². The molecule has 27 heavy (non-hydrogen) atoms. The molecule has 1 heterocycles. The number of nitrogens with one attached hydrogen (secondary N) is 1. The number of pyridine rings is 1. The third-order valence-electron chi connectivity index (χ3n) is 4.01. The Morgan fingerprint density at radius 2 is 1.85 bits per heavy atom. The van der Waals surface area contributed by atoms with Gasteiger partial charge >= 0.3 is 0 Å². The van der Waals surface area contributed by atoms with Crippen LogP contribution in [0.5, 0.6) is 0 Å². The van der Waals surface area contributed by atoms with Crippen molar-refractivity contribution >= 4 is 23.4 Å². The standard InChI is InChI=1S/C19H22ClN3O4/c1-23(11-9-15-4-2-3-10-21-15)19(27)17(25)16(24)18(26)22-12-13-5-7-14(20)8-6-13/h2-8,10,16-17,24-25H,9,11-12H2,1H3,(H,22,26)/t16?,17-/m1/s1. The molecule has 0 bridgehead atoms. The number of rotatable bonds is 8. The minimum absolute atomic E-state index is 0.142. The van der Waals surface area contributed by atoms with Crippen LogP contribution in [0.25, 0.3) is 0 Å². The van der Waals surface area contributed by atoms with Crippen LogP contribution in [0.15, 0.2) is 48.7 Å². The largest absolute Gasteiger partial charge is 0.380 e. The average molecular weight is 392 g/mol. The maximum absolute atomic E-state index is 12.2. The Morgan fingerprint density at radius 3 is 2.48 bits per heavy atom. The normalized spacial score (nSPS) is 12.9. The summed E-state index contributed by atoms with van der Waals surface area (Å²) in [4.78, 5) is 29.6. The van der Waals surface area contributed by atoms with Crippen molar-refractivity contribution in [2.45, 2.75) is 25.2 Å². The SMILES string of the molecule is CN(CCc1ccccn1)C(=O)[C@H](O)C(O)C(=O)NCc1ccc(Cl)cc1. The molecule has 2 amide bonds. The lowest BCUT2D eigenvalue weighted by molar-refractivity contribution is -0.152. The lowest BCUT2D eigenvalue weighted by Gasteiger charge is -2.23. The van der Waals surface area contributed by atoms with Gasteiger partial charge in [-0.2, -0.15) is 0 Å². The molecule has 0 saturated carbocycles. The summed E-state index contributed by atoms with van der Waals surface area (Å²) in [5, 5.41) is 23.0. The Balaban J connectivity index is 1.82. The maximum atomic E-state index is 12.2. The van der Waals surface area contributed by atoms with Gasteiger partial charge in [-0.05, 0) is 29.8 Å². The quantitative estimate of drug-likeness (QED) is 0.617. The first-order valence-corrected chi connectivity index (χ1v) is 8.79. The third kappa shape index (κ3) is 6.32. The number of carbonyl (C=O) groups is 2. The zero-order valence-corrected chi connectivity index (χ0v) is 15.6. The van der Waals surface area contributed by atoms with E-state index >= 15 is 0 Å². The zero-order valence-electron chi connectivity index (χ0n) is 14.9. The van der Waals surface area contributed by atoms with Gasteiger partial charge in [-0.1, -0.05) is 29.8 Å². The van der Waals surface area contributed by atoms with Crippen molar-refractivity contribution in [1.82, 2.24) is 15.2 Å². The average Bonchev–Trinajstić information content (AvgIpc) is 2.70. The van der Waals surface area contributed by atoms with Gasteiger partial charge in [0.2, 0.25) is 0 Å². The third-order valence-corrected chi connectivity index (χ3v) is 4.26. The van der Waals surface area contributed by atoms with Crippen LogP contribution >= 0.6 is 11.6 Å². The highest BCUT2D eigenvalue weighted by Gasteiger charge is 2.32. The molecule has 2 rings (SSSR count). The summed E-state index contributed by atoms with van der Waals surface area (Å²) >= 11 is 5.79. The van der Waals surface area contributed by atoms with Gasteiger partial charge < -0.3 is 20.4 Å². The van der Waals surface area contributed by atoms with E-state index in [1.807, 2.05) is 12.1 Å². The Bertz CT molecular complexity index is 755. The van der Waals surface area contributed by atoms with E-state index < -0.39 is 24.0 Å². The summed E-state index contributed by atoms with van der Waals surface area (Å²) < 4.78 is 0. The first-order valence-electron chi connectivity index (χ1n) is 8.41. The summed E-state index contributed by atoms with van der Waals surface area (Å²) in [7, 11) is 1.49. The molecule has 1 aromatic carbocycles. The van der Waals surface area contributed by atoms with Crippen LogP contribution in [-0.2, 0) is 22.6 Å². The van der Waals surface area contributed by atoms with Crippen LogP contribution in [0.3, 0.4) is 0 Å². The number of aliphatic hydroxyl groups excluding tert-OH is 2. The summed E-state index contributed by atoms with van der Waals surface area (Å²) in [5.74, 6) is -1.57. The maximum Gasteiger partial charge on any atom is 0.254 e. The topological polar surface area (TPSA) is 103 Å². The lowest BCUT2D eigenvalue weighted by Crippen LogP contribution is -2.50. The second-order valence-corrected chi connectivity index (χ2v) is 6.50. The molecule has 144 valence electrons. The monoisotopic (exact) mass is 391 g/mol. The molecule has 0 fully saturated rings. The molecular weight excluding hydrogens is 370 g/mol. The van der Waals surface area contributed by atoms with Gasteiger partial charge in [0.05, 0.1) is 0 Å². The fraction of sp³-hybridized carbons (Fsp3) is 0.316. The Labute approximate surface area is 162 Å². The fourth-order valence-electron chi connectivity index (χ4n) is 2.34. The second-order valence-electron chi connectivity index (χ2n) is 6.06. The van der Waals surface area contributed by atoms with Gasteiger partial charge in [-0.3, -0.25) is 14.6 Å². The minimum atomic E-state index is -1.86. The molecule has 0 aliphatic carbocycles. The van der Waals surface area contributed by atoms with Crippen molar-refractivity contribution in [3.8, 4) is 0 Å². The Hall–Kier alpha value is -2.48. The second kappa shape index (κ2) is 10.0. The van der Waals surface area contributed by atoms with Crippen molar-refractivity contribution in [2.24, 2.45) is 0 Å². The molecule has 3 N–H and O–H groups in total. The molecule has 0 saturated heterocycles. The van der Waals surface area contributed by atoms with Gasteiger partial charge in [-0.15, -0.1) is 0 Å². The number of aromatic nitrogens is 1. The Kier molecular flexibility index (Phi) is 7.72. The van der Waals surface area contributed by atoms with E-state index in [1.54, 1.807) is 36.5 Å². The summed E-state index contributed by atoms with van der Waals surface area (Å²) in [6.07, 6.45) is -1.55. The molecule has 0 radical (unpaired) electrons. The van der Waals surface area contributed by atoms with Crippen LogP contribution in [0.2, 0.25) is 5.02 Å². The van der Waals surface area contributed by atoms with Crippen molar-refractivity contribution < 1.29 is 19.8 Å². The Morgan fingerprint density at radius 1 is 1.15 bits per heavy atom. The molecule has 2 aromatic rings. The van der Waals surface area contributed by atoms with Crippen LogP contribution in [0.1, 0.15) is 11.3 Å². The first kappa shape index (κ1) is 20.8. The van der Waals surface area contributed by atoms with Crippen LogP contribution in [0, 0.1) is 0 Å². The molecule has 0 aliphatic rings. The van der Waals surface area contributed by atoms with E-state index in [9.17, 15) is 19.8 Å². The van der Waals surface area contributed by atoms with E-state index in [0.29, 0.717) is 18.0 Å². The van der Waals surface area contributed by atoms with Gasteiger partial charge in [0, 0.05) is 43.5 Å². The van der Waals surface area contributed by atoms with E-state index in [1.165, 1.54) is 11.9 Å². The molecule has 2 atom stereocenters. The smallest absolute Gasteiger partial charge is 0.254 e. The highest BCUT2D eigenvalue weighted by atomic mass is 35.5. The van der Waals surface area contributed by atoms with E-state index in [-0.39, 0.29) is 6.54 Å². The number of hydrogen-bond donors (Lipinski definition) is 3. The van der Waals surface area contributed by atoms with Gasteiger partial charge in [0.1, 0.15) is 0 Å². The van der Waals surface area contributed by atoms with Gasteiger partial charge in [0.15, 0.2) is 12.2 Å². The number of likely N-dealkylation sites (N-methyl/N-ethyl adjacent to an activating group) is 1. The van der Waals surface area contributed by atoms with Crippen LogP contribution in [0.4, 0.5) is 0 Å². The predicted octanol–water partition coefficient (Wildman–Crippen LogP) is 0.774. The molecule has 1 aromatic heterocycles. The number of benzene rings is 1. The molecule has 0 spiro atoms. The summed E-state index contributed by atoms with van der Waals surface area (Å²) in [6.45, 7) is 0.440. The molecule has 7 nitrogen and oxygen atoms in total. The van der Waals surface area contributed by atoms with Crippen LogP contribution in [-0.4, -0.2) is 57.7 Å². The van der Waals surface area contributed by atoms with Gasteiger partial charge in [-0.25, -0.2) is 0 Å². The van der Waals surface area contributed by atoms with Crippen molar-refractivity contribution in [3.63, 3.8) is 0 Å². The summed E-state index contributed by atoms with van der Waals surface area (Å²) in [6, 6.07) is 12.3. The molecule has 8 heteroatoms. The van der Waals surface area contributed by atoms with Crippen molar-refractivity contribution in [1.29, 1.82) is 0 Å².